The topological polar surface area (TPSA) is 63.7 Å². The monoisotopic (exact) mass is 331 g/mol. The molecule has 1 aromatic carbocycles. The van der Waals surface area contributed by atoms with Gasteiger partial charge in [0.2, 0.25) is 15.0 Å². The third-order valence-electron chi connectivity index (χ3n) is 3.34. The van der Waals surface area contributed by atoms with Crippen molar-refractivity contribution in [3.63, 3.8) is 0 Å². The van der Waals surface area contributed by atoms with Crippen molar-refractivity contribution in [1.82, 2.24) is 4.90 Å². The summed E-state index contributed by atoms with van der Waals surface area (Å²) in [5.74, 6) is 0.386. The highest BCUT2D eigenvalue weighted by Gasteiger charge is 2.32. The molecule has 1 fully saturated rings. The van der Waals surface area contributed by atoms with E-state index in [0.717, 1.165) is 11.3 Å². The maximum atomic E-state index is 11.9. The van der Waals surface area contributed by atoms with Gasteiger partial charge in [0.15, 0.2) is 0 Å². The molecule has 1 heterocycles. The van der Waals surface area contributed by atoms with E-state index >= 15 is 0 Å². The molecule has 1 aliphatic heterocycles. The number of amides is 1. The number of hydrogen-bond acceptors (Lipinski definition) is 4. The van der Waals surface area contributed by atoms with Crippen LogP contribution in [0.25, 0.3) is 0 Å². The van der Waals surface area contributed by atoms with Crippen LogP contribution in [0.3, 0.4) is 0 Å². The molecule has 1 unspecified atom stereocenters. The molecule has 0 aliphatic carbocycles. The fourth-order valence-electron chi connectivity index (χ4n) is 2.48. The third-order valence-corrected chi connectivity index (χ3v) is 4.58. The molecule has 0 aromatic heterocycles. The fraction of sp³-hybridized carbons (Fsp3) is 0.500. The lowest BCUT2D eigenvalue weighted by Gasteiger charge is -2.16. The van der Waals surface area contributed by atoms with Crippen LogP contribution < -0.4 is 4.74 Å². The first kappa shape index (κ1) is 16.1. The molecule has 1 aromatic rings. The van der Waals surface area contributed by atoms with Gasteiger partial charge in [-0.3, -0.25) is 4.79 Å². The van der Waals surface area contributed by atoms with Gasteiger partial charge in [-0.25, -0.2) is 8.42 Å². The van der Waals surface area contributed by atoms with Gasteiger partial charge in [-0.15, -0.1) is 0 Å². The quantitative estimate of drug-likeness (QED) is 0.748. The average Bonchev–Trinajstić information content (AvgIpc) is 2.70. The summed E-state index contributed by atoms with van der Waals surface area (Å²) in [5, 5.41) is 0. The Bertz CT molecular complexity index is 600. The van der Waals surface area contributed by atoms with Crippen molar-refractivity contribution < 1.29 is 17.9 Å². The third kappa shape index (κ3) is 4.89. The summed E-state index contributed by atoms with van der Waals surface area (Å²) in [6, 6.07) is 7.54. The van der Waals surface area contributed by atoms with E-state index in [2.05, 4.69) is 0 Å². The predicted octanol–water partition coefficient (Wildman–Crippen LogP) is 2.00. The predicted molar refractivity (Wildman–Crippen MR) is 80.8 cm³/mol. The summed E-state index contributed by atoms with van der Waals surface area (Å²) >= 11 is 0. The zero-order chi connectivity index (χ0) is 15.5. The number of ether oxygens (including phenoxy) is 1. The Morgan fingerprint density at radius 3 is 2.57 bits per heavy atom. The van der Waals surface area contributed by atoms with E-state index in [1.54, 1.807) is 4.90 Å². The molecule has 1 saturated heterocycles. The molecule has 7 heteroatoms. The molecular weight excluding hydrogens is 314 g/mol. The van der Waals surface area contributed by atoms with Crippen LogP contribution in [0.15, 0.2) is 24.3 Å². The van der Waals surface area contributed by atoms with Crippen LogP contribution in [0.5, 0.6) is 5.75 Å². The minimum atomic E-state index is -3.56. The van der Waals surface area contributed by atoms with Crippen molar-refractivity contribution in [1.29, 1.82) is 0 Å². The molecule has 0 spiro atoms. The highest BCUT2D eigenvalue weighted by atomic mass is 35.7. The number of carbonyl (C=O) groups is 1. The number of nitrogens with zero attached hydrogens (tertiary/aromatic N) is 1. The largest absolute Gasteiger partial charge is 0.494 e. The van der Waals surface area contributed by atoms with Crippen molar-refractivity contribution in [3.05, 3.63) is 29.8 Å². The van der Waals surface area contributed by atoms with Gasteiger partial charge in [-0.2, -0.15) is 0 Å². The Labute approximate surface area is 129 Å². The molecule has 0 radical (unpaired) electrons. The van der Waals surface area contributed by atoms with Crippen LogP contribution in [0.2, 0.25) is 0 Å². The van der Waals surface area contributed by atoms with Crippen molar-refractivity contribution >= 4 is 25.6 Å². The summed E-state index contributed by atoms with van der Waals surface area (Å²) in [5.41, 5.74) is 0.987. The lowest BCUT2D eigenvalue weighted by atomic mass is 10.1. The molecule has 0 N–H and O–H groups in total. The molecule has 1 atom stereocenters. The second kappa shape index (κ2) is 6.66. The number of hydrogen-bond donors (Lipinski definition) is 0. The molecule has 0 saturated carbocycles. The molecule has 21 heavy (non-hydrogen) atoms. The molecule has 1 aliphatic rings. The molecule has 1 amide bonds. The Morgan fingerprint density at radius 2 is 2.00 bits per heavy atom. The van der Waals surface area contributed by atoms with Crippen molar-refractivity contribution in [2.24, 2.45) is 5.92 Å². The van der Waals surface area contributed by atoms with E-state index in [9.17, 15) is 13.2 Å². The summed E-state index contributed by atoms with van der Waals surface area (Å²) in [6.07, 6.45) is 0.239. The normalized spacial score (nSPS) is 19.0. The van der Waals surface area contributed by atoms with Crippen LogP contribution in [0.4, 0.5) is 0 Å². The fourth-order valence-corrected chi connectivity index (χ4v) is 3.80. The number of benzene rings is 1. The second-order valence-corrected chi connectivity index (χ2v) is 7.95. The van der Waals surface area contributed by atoms with E-state index in [4.69, 9.17) is 15.4 Å². The second-order valence-electron chi connectivity index (χ2n) is 5.13. The summed E-state index contributed by atoms with van der Waals surface area (Å²) < 4.78 is 27.5. The van der Waals surface area contributed by atoms with Crippen LogP contribution in [-0.4, -0.2) is 38.1 Å². The van der Waals surface area contributed by atoms with Crippen LogP contribution in [-0.2, 0) is 20.4 Å². The van der Waals surface area contributed by atoms with Crippen molar-refractivity contribution in [2.75, 3.05) is 18.9 Å². The highest BCUT2D eigenvalue weighted by Crippen LogP contribution is 2.23. The average molecular weight is 332 g/mol. The van der Waals surface area contributed by atoms with Crippen LogP contribution in [0, 0.1) is 5.92 Å². The Morgan fingerprint density at radius 1 is 1.33 bits per heavy atom. The van der Waals surface area contributed by atoms with Crippen molar-refractivity contribution in [2.45, 2.75) is 19.9 Å². The first-order chi connectivity index (χ1) is 9.87. The van der Waals surface area contributed by atoms with E-state index in [-0.39, 0.29) is 24.0 Å². The van der Waals surface area contributed by atoms with Gasteiger partial charge in [-0.05, 0) is 24.6 Å². The zero-order valence-corrected chi connectivity index (χ0v) is 13.4. The molecule has 5 nitrogen and oxygen atoms in total. The first-order valence-electron chi connectivity index (χ1n) is 6.79. The van der Waals surface area contributed by atoms with Gasteiger partial charge in [0.1, 0.15) is 5.75 Å². The van der Waals surface area contributed by atoms with E-state index in [1.807, 2.05) is 31.2 Å². The number of rotatable bonds is 6. The van der Waals surface area contributed by atoms with E-state index < -0.39 is 9.05 Å². The lowest BCUT2D eigenvalue weighted by molar-refractivity contribution is -0.128. The number of likely N-dealkylation sites (tertiary alicyclic amines) is 1. The van der Waals surface area contributed by atoms with Crippen LogP contribution >= 0.6 is 10.7 Å². The molecule has 116 valence electrons. The lowest BCUT2D eigenvalue weighted by Crippen LogP contribution is -2.25. The summed E-state index contributed by atoms with van der Waals surface area (Å²) in [4.78, 5) is 13.6. The van der Waals surface area contributed by atoms with Gasteiger partial charge < -0.3 is 9.64 Å². The number of halogens is 1. The van der Waals surface area contributed by atoms with Gasteiger partial charge in [0.25, 0.3) is 0 Å². The minimum absolute atomic E-state index is 0.0331. The van der Waals surface area contributed by atoms with E-state index in [0.29, 0.717) is 19.7 Å². The number of carbonyl (C=O) groups excluding carboxylic acids is 1. The Balaban J connectivity index is 1.95. The van der Waals surface area contributed by atoms with Crippen LogP contribution in [0.1, 0.15) is 18.9 Å². The summed E-state index contributed by atoms with van der Waals surface area (Å²) in [7, 11) is 1.68. The van der Waals surface area contributed by atoms with Gasteiger partial charge in [-0.1, -0.05) is 12.1 Å². The molecule has 2 rings (SSSR count). The Hall–Kier alpha value is -1.27. The molecular formula is C14H18ClNO4S. The minimum Gasteiger partial charge on any atom is -0.494 e. The smallest absolute Gasteiger partial charge is 0.232 e. The van der Waals surface area contributed by atoms with Gasteiger partial charge in [0.05, 0.1) is 12.4 Å². The van der Waals surface area contributed by atoms with Gasteiger partial charge >= 0.3 is 0 Å². The highest BCUT2D eigenvalue weighted by molar-refractivity contribution is 8.13. The maximum absolute atomic E-state index is 11.9. The Kier molecular flexibility index (Phi) is 5.11. The standard InChI is InChI=1S/C14H18ClNO4S/c1-2-20-13-5-3-11(4-6-13)8-16-9-12(7-14(16)17)10-21(15,18)19/h3-6,12H,2,7-10H2,1H3. The van der Waals surface area contributed by atoms with Crippen molar-refractivity contribution in [3.8, 4) is 5.75 Å². The maximum Gasteiger partial charge on any atom is 0.232 e. The van der Waals surface area contributed by atoms with Gasteiger partial charge in [0, 0.05) is 36.1 Å². The molecule has 0 bridgehead atoms. The first-order valence-corrected chi connectivity index (χ1v) is 9.27. The summed E-state index contributed by atoms with van der Waals surface area (Å²) in [6.45, 7) is 3.43. The van der Waals surface area contributed by atoms with E-state index in [1.165, 1.54) is 0 Å². The zero-order valence-electron chi connectivity index (χ0n) is 11.8. The SMILES string of the molecule is CCOc1ccc(CN2CC(CS(=O)(=O)Cl)CC2=O)cc1.